The zero-order chi connectivity index (χ0) is 11.5. The van der Waals surface area contributed by atoms with Crippen LogP contribution in [0.2, 0.25) is 0 Å². The van der Waals surface area contributed by atoms with Gasteiger partial charge in [0.2, 0.25) is 0 Å². The summed E-state index contributed by atoms with van der Waals surface area (Å²) in [7, 11) is 0. The summed E-state index contributed by atoms with van der Waals surface area (Å²) in [5.41, 5.74) is -0.305. The Balaban J connectivity index is 2.68. The Bertz CT molecular complexity index is 617. The first-order chi connectivity index (χ1) is 7.74. The minimum atomic E-state index is -0.450. The van der Waals surface area contributed by atoms with Crippen LogP contribution >= 0.6 is 0 Å². The second-order valence-corrected chi connectivity index (χ2v) is 3.22. The SMILES string of the molecule is C/C=C/n1[nH]c(=O)n(-c2ccccc2)c1=O. The van der Waals surface area contributed by atoms with E-state index in [-0.39, 0.29) is 0 Å². The molecule has 0 saturated carbocycles. The molecule has 0 aliphatic heterocycles. The van der Waals surface area contributed by atoms with E-state index in [0.29, 0.717) is 5.69 Å². The maximum Gasteiger partial charge on any atom is 0.355 e. The van der Waals surface area contributed by atoms with E-state index in [1.807, 2.05) is 6.07 Å². The van der Waals surface area contributed by atoms with Gasteiger partial charge in [0.15, 0.2) is 0 Å². The van der Waals surface area contributed by atoms with Crippen LogP contribution in [0.5, 0.6) is 0 Å². The highest BCUT2D eigenvalue weighted by Gasteiger charge is 2.08. The molecule has 0 aliphatic carbocycles. The first kappa shape index (κ1) is 10.2. The molecule has 1 heterocycles. The number of benzene rings is 1. The van der Waals surface area contributed by atoms with E-state index < -0.39 is 11.4 Å². The molecule has 16 heavy (non-hydrogen) atoms. The largest absolute Gasteiger partial charge is 0.355 e. The molecule has 0 amide bonds. The van der Waals surface area contributed by atoms with Crippen molar-refractivity contribution >= 4 is 6.20 Å². The van der Waals surface area contributed by atoms with Gasteiger partial charge in [-0.25, -0.2) is 23.9 Å². The average molecular weight is 217 g/mol. The van der Waals surface area contributed by atoms with Crippen LogP contribution in [0.3, 0.4) is 0 Å². The van der Waals surface area contributed by atoms with Crippen molar-refractivity contribution in [3.63, 3.8) is 0 Å². The van der Waals surface area contributed by atoms with Gasteiger partial charge in [0.25, 0.3) is 0 Å². The number of nitrogens with one attached hydrogen (secondary N) is 1. The van der Waals surface area contributed by atoms with Crippen LogP contribution in [-0.4, -0.2) is 14.3 Å². The molecule has 1 N–H and O–H groups in total. The maximum atomic E-state index is 11.8. The Morgan fingerprint density at radius 2 is 1.88 bits per heavy atom. The standard InChI is InChI=1S/C11H11N3O2/c1-2-8-13-11(16)14(10(15)12-13)9-6-4-3-5-7-9/h2-8H,1H3,(H,12,15)/b8-2+. The van der Waals surface area contributed by atoms with Gasteiger partial charge in [-0.15, -0.1) is 0 Å². The number of para-hydroxylation sites is 1. The van der Waals surface area contributed by atoms with Crippen molar-refractivity contribution < 1.29 is 0 Å². The molecule has 2 aromatic rings. The van der Waals surface area contributed by atoms with Crippen molar-refractivity contribution in [2.45, 2.75) is 6.92 Å². The zero-order valence-corrected chi connectivity index (χ0v) is 8.75. The average Bonchev–Trinajstić information content (AvgIpc) is 2.56. The number of hydrogen-bond donors (Lipinski definition) is 1. The van der Waals surface area contributed by atoms with E-state index in [4.69, 9.17) is 0 Å². The smallest absolute Gasteiger partial charge is 0.246 e. The van der Waals surface area contributed by atoms with Crippen LogP contribution in [-0.2, 0) is 0 Å². The highest BCUT2D eigenvalue weighted by Crippen LogP contribution is 1.99. The number of hydrogen-bond acceptors (Lipinski definition) is 2. The molecule has 0 radical (unpaired) electrons. The van der Waals surface area contributed by atoms with Gasteiger partial charge in [0.1, 0.15) is 0 Å². The Morgan fingerprint density at radius 3 is 2.50 bits per heavy atom. The first-order valence-corrected chi connectivity index (χ1v) is 4.86. The lowest BCUT2D eigenvalue weighted by molar-refractivity contribution is 0.874. The predicted octanol–water partition coefficient (Wildman–Crippen LogP) is 0.818. The molecular weight excluding hydrogens is 206 g/mol. The third-order valence-electron chi connectivity index (χ3n) is 2.13. The van der Waals surface area contributed by atoms with E-state index in [0.717, 1.165) is 9.25 Å². The summed E-state index contributed by atoms with van der Waals surface area (Å²) in [5.74, 6) is 0. The molecular formula is C11H11N3O2. The normalized spacial score (nSPS) is 11.1. The van der Waals surface area contributed by atoms with Crippen LogP contribution in [0, 0.1) is 0 Å². The highest BCUT2D eigenvalue weighted by atomic mass is 16.2. The quantitative estimate of drug-likeness (QED) is 0.809. The van der Waals surface area contributed by atoms with Crippen molar-refractivity contribution in [2.24, 2.45) is 0 Å². The first-order valence-electron chi connectivity index (χ1n) is 4.86. The fourth-order valence-electron chi connectivity index (χ4n) is 1.45. The molecule has 0 bridgehead atoms. The number of aromatic nitrogens is 3. The van der Waals surface area contributed by atoms with Gasteiger partial charge in [-0.05, 0) is 19.1 Å². The lowest BCUT2D eigenvalue weighted by Crippen LogP contribution is -2.25. The van der Waals surface area contributed by atoms with Crippen LogP contribution < -0.4 is 11.4 Å². The Kier molecular flexibility index (Phi) is 2.59. The van der Waals surface area contributed by atoms with Gasteiger partial charge in [-0.1, -0.05) is 24.3 Å². The molecule has 0 spiro atoms. The summed E-state index contributed by atoms with van der Waals surface area (Å²) < 4.78 is 2.23. The number of rotatable bonds is 2. The number of aromatic amines is 1. The summed E-state index contributed by atoms with van der Waals surface area (Å²) in [6, 6.07) is 8.78. The Labute approximate surface area is 91.3 Å². The molecule has 5 heteroatoms. The van der Waals surface area contributed by atoms with Crippen molar-refractivity contribution in [1.29, 1.82) is 0 Å². The van der Waals surface area contributed by atoms with Crippen molar-refractivity contribution in [3.8, 4) is 5.69 Å². The number of allylic oxidation sites excluding steroid dienone is 1. The van der Waals surface area contributed by atoms with Crippen LogP contribution in [0.15, 0.2) is 46.0 Å². The summed E-state index contributed by atoms with van der Waals surface area (Å²) in [6.45, 7) is 1.77. The highest BCUT2D eigenvalue weighted by molar-refractivity contribution is 5.31. The number of nitrogens with zero attached hydrogens (tertiary/aromatic N) is 2. The van der Waals surface area contributed by atoms with E-state index in [9.17, 15) is 9.59 Å². The van der Waals surface area contributed by atoms with Gasteiger partial charge in [0.05, 0.1) is 5.69 Å². The van der Waals surface area contributed by atoms with Gasteiger partial charge >= 0.3 is 11.4 Å². The maximum absolute atomic E-state index is 11.8. The molecule has 0 saturated heterocycles. The minimum Gasteiger partial charge on any atom is -0.246 e. The third-order valence-corrected chi connectivity index (χ3v) is 2.13. The van der Waals surface area contributed by atoms with E-state index in [2.05, 4.69) is 5.10 Å². The fourth-order valence-corrected chi connectivity index (χ4v) is 1.45. The molecule has 1 aromatic carbocycles. The second-order valence-electron chi connectivity index (χ2n) is 3.22. The Morgan fingerprint density at radius 1 is 1.19 bits per heavy atom. The minimum absolute atomic E-state index is 0.408. The molecule has 2 rings (SSSR count). The van der Waals surface area contributed by atoms with Gasteiger partial charge in [-0.2, -0.15) is 0 Å². The summed E-state index contributed by atoms with van der Waals surface area (Å²) in [6.07, 6.45) is 3.18. The lowest BCUT2D eigenvalue weighted by atomic mass is 10.3. The molecule has 5 nitrogen and oxygen atoms in total. The summed E-state index contributed by atoms with van der Waals surface area (Å²) in [4.78, 5) is 23.4. The van der Waals surface area contributed by atoms with Gasteiger partial charge in [0, 0.05) is 6.20 Å². The van der Waals surface area contributed by atoms with E-state index in [1.54, 1.807) is 37.3 Å². The van der Waals surface area contributed by atoms with Crippen LogP contribution in [0.25, 0.3) is 11.9 Å². The fraction of sp³-hybridized carbons (Fsp3) is 0.0909. The molecule has 1 aromatic heterocycles. The summed E-state index contributed by atoms with van der Waals surface area (Å²) in [5, 5.41) is 2.44. The van der Waals surface area contributed by atoms with Gasteiger partial charge < -0.3 is 0 Å². The molecule has 0 fully saturated rings. The van der Waals surface area contributed by atoms with Gasteiger partial charge in [-0.3, -0.25) is 0 Å². The monoisotopic (exact) mass is 217 g/mol. The van der Waals surface area contributed by atoms with E-state index in [1.165, 1.54) is 6.20 Å². The third kappa shape index (κ3) is 1.63. The molecule has 0 unspecified atom stereocenters. The molecule has 82 valence electrons. The zero-order valence-electron chi connectivity index (χ0n) is 8.75. The van der Waals surface area contributed by atoms with Crippen LogP contribution in [0.4, 0.5) is 0 Å². The van der Waals surface area contributed by atoms with E-state index >= 15 is 0 Å². The second kappa shape index (κ2) is 4.06. The van der Waals surface area contributed by atoms with Crippen LogP contribution in [0.1, 0.15) is 6.92 Å². The van der Waals surface area contributed by atoms with Crippen molar-refractivity contribution in [1.82, 2.24) is 14.3 Å². The summed E-state index contributed by atoms with van der Waals surface area (Å²) >= 11 is 0. The number of H-pyrrole nitrogens is 1. The molecule has 0 atom stereocenters. The molecule has 0 aliphatic rings. The predicted molar refractivity (Wildman–Crippen MR) is 61.7 cm³/mol. The lowest BCUT2D eigenvalue weighted by Gasteiger charge is -1.96. The van der Waals surface area contributed by atoms with Crippen molar-refractivity contribution in [2.75, 3.05) is 0 Å². The Hall–Kier alpha value is -2.30. The topological polar surface area (TPSA) is 59.8 Å². The van der Waals surface area contributed by atoms with Crippen molar-refractivity contribution in [3.05, 3.63) is 57.4 Å².